The Hall–Kier alpha value is -4.14. The number of ether oxygens (including phenoxy) is 3. The molecule has 1 aliphatic heterocycles. The average Bonchev–Trinajstić information content (AvgIpc) is 3.22. The maximum Gasteiger partial charge on any atom is 0.337 e. The van der Waals surface area contributed by atoms with Crippen molar-refractivity contribution in [3.05, 3.63) is 66.1 Å². The summed E-state index contributed by atoms with van der Waals surface area (Å²) in [6, 6.07) is 13.3. The number of benzene rings is 2. The lowest BCUT2D eigenvalue weighted by molar-refractivity contribution is 0.0600. The van der Waals surface area contributed by atoms with Crippen molar-refractivity contribution in [3.8, 4) is 11.5 Å². The normalized spacial score (nSPS) is 11.6. The van der Waals surface area contributed by atoms with Gasteiger partial charge in [-0.1, -0.05) is 0 Å². The van der Waals surface area contributed by atoms with E-state index in [4.69, 9.17) is 9.47 Å². The molecule has 4 rings (SSSR count). The van der Waals surface area contributed by atoms with Gasteiger partial charge in [0.2, 0.25) is 6.79 Å². The fraction of sp³-hybridized carbons (Fsp3) is 0.100. The van der Waals surface area contributed by atoms with E-state index in [0.29, 0.717) is 34.3 Å². The molecule has 2 N–H and O–H groups in total. The van der Waals surface area contributed by atoms with Crippen LogP contribution in [0.15, 0.2) is 54.9 Å². The minimum Gasteiger partial charge on any atom is -0.465 e. The highest BCUT2D eigenvalue weighted by atomic mass is 16.7. The van der Waals surface area contributed by atoms with E-state index in [1.807, 2.05) is 0 Å². The second-order valence-electron chi connectivity index (χ2n) is 6.00. The van der Waals surface area contributed by atoms with Crippen LogP contribution in [0, 0.1) is 0 Å². The molecule has 9 heteroatoms. The first-order chi connectivity index (χ1) is 14.1. The van der Waals surface area contributed by atoms with E-state index in [0.717, 1.165) is 0 Å². The summed E-state index contributed by atoms with van der Waals surface area (Å²) in [5, 5.41) is 5.82. The summed E-state index contributed by atoms with van der Waals surface area (Å²) >= 11 is 0. The lowest BCUT2D eigenvalue weighted by atomic mass is 10.2. The molecular formula is C20H16N4O5. The Balaban J connectivity index is 1.45. The van der Waals surface area contributed by atoms with E-state index in [1.165, 1.54) is 19.5 Å². The number of anilines is 3. The number of hydrogen-bond acceptors (Lipinski definition) is 8. The summed E-state index contributed by atoms with van der Waals surface area (Å²) < 4.78 is 15.2. The molecule has 1 amide bonds. The highest BCUT2D eigenvalue weighted by Gasteiger charge is 2.15. The molecule has 0 bridgehead atoms. The number of nitrogens with zero attached hydrogens (tertiary/aromatic N) is 2. The molecule has 0 saturated heterocycles. The van der Waals surface area contributed by atoms with E-state index in [-0.39, 0.29) is 12.5 Å². The van der Waals surface area contributed by atoms with Crippen molar-refractivity contribution in [2.45, 2.75) is 0 Å². The molecular weight excluding hydrogens is 376 g/mol. The largest absolute Gasteiger partial charge is 0.465 e. The lowest BCUT2D eigenvalue weighted by Crippen LogP contribution is -2.14. The van der Waals surface area contributed by atoms with Crippen molar-refractivity contribution in [3.63, 3.8) is 0 Å². The van der Waals surface area contributed by atoms with E-state index in [1.54, 1.807) is 42.5 Å². The molecule has 0 aliphatic carbocycles. The van der Waals surface area contributed by atoms with Gasteiger partial charge < -0.3 is 24.8 Å². The van der Waals surface area contributed by atoms with Gasteiger partial charge in [-0.15, -0.1) is 0 Å². The molecule has 0 fully saturated rings. The van der Waals surface area contributed by atoms with Crippen molar-refractivity contribution in [1.82, 2.24) is 9.97 Å². The fourth-order valence-electron chi connectivity index (χ4n) is 2.67. The number of carbonyl (C=O) groups excluding carboxylic acids is 2. The highest BCUT2D eigenvalue weighted by molar-refractivity contribution is 6.03. The van der Waals surface area contributed by atoms with Crippen molar-refractivity contribution >= 4 is 29.1 Å². The summed E-state index contributed by atoms with van der Waals surface area (Å²) in [6.45, 7) is 0.161. The van der Waals surface area contributed by atoms with Crippen LogP contribution >= 0.6 is 0 Å². The Bertz CT molecular complexity index is 1070. The van der Waals surface area contributed by atoms with Gasteiger partial charge in [-0.2, -0.15) is 0 Å². The zero-order chi connectivity index (χ0) is 20.2. The highest BCUT2D eigenvalue weighted by Crippen LogP contribution is 2.34. The van der Waals surface area contributed by atoms with Crippen molar-refractivity contribution < 1.29 is 23.8 Å². The molecule has 0 saturated carbocycles. The Morgan fingerprint density at radius 2 is 1.72 bits per heavy atom. The summed E-state index contributed by atoms with van der Waals surface area (Å²) in [7, 11) is 1.32. The molecule has 2 heterocycles. The van der Waals surface area contributed by atoms with Gasteiger partial charge in [-0.05, 0) is 36.4 Å². The zero-order valence-corrected chi connectivity index (χ0v) is 15.3. The standard InChI is InChI=1S/C20H16N4O5/c1-27-20(26)12-2-4-13(5-3-12)23-18-9-15(21-10-22-18)19(25)24-14-6-7-16-17(8-14)29-11-28-16/h2-10H,11H2,1H3,(H,24,25)(H,21,22,23). The van der Waals surface area contributed by atoms with E-state index in [9.17, 15) is 9.59 Å². The molecule has 3 aromatic rings. The molecule has 0 radical (unpaired) electrons. The van der Waals surface area contributed by atoms with Crippen LogP contribution < -0.4 is 20.1 Å². The van der Waals surface area contributed by atoms with Crippen molar-refractivity contribution in [2.24, 2.45) is 0 Å². The number of hydrogen-bond donors (Lipinski definition) is 2. The fourth-order valence-corrected chi connectivity index (χ4v) is 2.67. The Kier molecular flexibility index (Phi) is 4.93. The van der Waals surface area contributed by atoms with Crippen LogP contribution in [0.25, 0.3) is 0 Å². The molecule has 146 valence electrons. The number of esters is 1. The molecule has 1 aliphatic rings. The summed E-state index contributed by atoms with van der Waals surface area (Å²) in [4.78, 5) is 32.1. The maximum atomic E-state index is 12.5. The SMILES string of the molecule is COC(=O)c1ccc(Nc2cc(C(=O)Nc3ccc4c(c3)OCO4)ncn2)cc1. The number of aromatic nitrogens is 2. The number of rotatable bonds is 5. The first-order valence-electron chi connectivity index (χ1n) is 8.61. The molecule has 1 aromatic heterocycles. The molecule has 29 heavy (non-hydrogen) atoms. The summed E-state index contributed by atoms with van der Waals surface area (Å²) in [6.07, 6.45) is 1.29. The quantitative estimate of drug-likeness (QED) is 0.638. The predicted molar refractivity (Wildman–Crippen MR) is 104 cm³/mol. The second kappa shape index (κ2) is 7.85. The van der Waals surface area contributed by atoms with Gasteiger partial charge in [0, 0.05) is 23.5 Å². The van der Waals surface area contributed by atoms with Gasteiger partial charge in [0.1, 0.15) is 17.8 Å². The van der Waals surface area contributed by atoms with Crippen LogP contribution in [0.2, 0.25) is 0 Å². The summed E-state index contributed by atoms with van der Waals surface area (Å²) in [5.41, 5.74) is 1.88. The first-order valence-corrected chi connectivity index (χ1v) is 8.61. The van der Waals surface area contributed by atoms with Crippen molar-refractivity contribution in [2.75, 3.05) is 24.5 Å². The third kappa shape index (κ3) is 4.08. The van der Waals surface area contributed by atoms with E-state index < -0.39 is 11.9 Å². The number of methoxy groups -OCH3 is 1. The van der Waals surface area contributed by atoms with Gasteiger partial charge in [-0.3, -0.25) is 4.79 Å². The monoisotopic (exact) mass is 392 g/mol. The van der Waals surface area contributed by atoms with Gasteiger partial charge >= 0.3 is 5.97 Å². The number of nitrogens with one attached hydrogen (secondary N) is 2. The Morgan fingerprint density at radius 3 is 2.52 bits per heavy atom. The molecule has 0 atom stereocenters. The van der Waals surface area contributed by atoms with Crippen LogP contribution in [-0.4, -0.2) is 35.7 Å². The second-order valence-corrected chi connectivity index (χ2v) is 6.00. The van der Waals surface area contributed by atoms with Gasteiger partial charge in [0.15, 0.2) is 11.5 Å². The van der Waals surface area contributed by atoms with Crippen LogP contribution in [0.4, 0.5) is 17.2 Å². The maximum absolute atomic E-state index is 12.5. The topological polar surface area (TPSA) is 112 Å². The summed E-state index contributed by atoms with van der Waals surface area (Å²) in [5.74, 6) is 0.830. The number of fused-ring (bicyclic) bond motifs is 1. The van der Waals surface area contributed by atoms with Gasteiger partial charge in [-0.25, -0.2) is 14.8 Å². The van der Waals surface area contributed by atoms with Crippen LogP contribution in [-0.2, 0) is 4.74 Å². The predicted octanol–water partition coefficient (Wildman–Crippen LogP) is 2.99. The first kappa shape index (κ1) is 18.2. The van der Waals surface area contributed by atoms with Gasteiger partial charge in [0.05, 0.1) is 12.7 Å². The third-order valence-corrected chi connectivity index (χ3v) is 4.11. The molecule has 0 unspecified atom stereocenters. The molecule has 0 spiro atoms. The van der Waals surface area contributed by atoms with Crippen molar-refractivity contribution in [1.29, 1.82) is 0 Å². The van der Waals surface area contributed by atoms with Gasteiger partial charge in [0.25, 0.3) is 5.91 Å². The number of carbonyl (C=O) groups is 2. The van der Waals surface area contributed by atoms with E-state index >= 15 is 0 Å². The van der Waals surface area contributed by atoms with Crippen LogP contribution in [0.1, 0.15) is 20.8 Å². The van der Waals surface area contributed by atoms with Crippen LogP contribution in [0.5, 0.6) is 11.5 Å². The minimum atomic E-state index is -0.416. The number of amides is 1. The average molecular weight is 392 g/mol. The van der Waals surface area contributed by atoms with Crippen LogP contribution in [0.3, 0.4) is 0 Å². The Morgan fingerprint density at radius 1 is 0.966 bits per heavy atom. The minimum absolute atomic E-state index is 0.161. The smallest absolute Gasteiger partial charge is 0.337 e. The van der Waals surface area contributed by atoms with E-state index in [2.05, 4.69) is 25.3 Å². The Labute approximate surface area is 165 Å². The zero-order valence-electron chi connectivity index (χ0n) is 15.3. The molecule has 9 nitrogen and oxygen atoms in total. The third-order valence-electron chi connectivity index (χ3n) is 4.11. The molecule has 2 aromatic carbocycles. The lowest BCUT2D eigenvalue weighted by Gasteiger charge is -2.08.